The number of nitrogens with one attached hydrogen (secondary N) is 1. The molecule has 0 spiro atoms. The van der Waals surface area contributed by atoms with Crippen LogP contribution in [0.2, 0.25) is 11.1 Å². The average molecular weight is 150 g/mol. The molecule has 6 heavy (non-hydrogen) atoms. The number of hydrogen-bond donors (Lipinski definition) is 1. The third kappa shape index (κ3) is 0.903. The Bertz CT molecular complexity index is 77.6. The van der Waals surface area contributed by atoms with Gasteiger partial charge in [0.15, 0.2) is 0 Å². The van der Waals surface area contributed by atoms with Crippen LogP contribution in [0, 0.1) is 0 Å². The summed E-state index contributed by atoms with van der Waals surface area (Å²) < 4.78 is 0. The molecule has 0 fully saturated rings. The Labute approximate surface area is 42.2 Å². The first kappa shape index (κ1) is 4.51. The van der Waals surface area contributed by atoms with Gasteiger partial charge in [-0.05, 0) is 0 Å². The fourth-order valence-electron chi connectivity index (χ4n) is 0.480. The standard InChI is InChI=1S/C4H9NSe/c1-6-3-2-5-4-6/h4-5H,2-3H2,1H3. The van der Waals surface area contributed by atoms with Crippen LogP contribution in [0.25, 0.3) is 0 Å². The van der Waals surface area contributed by atoms with Crippen molar-refractivity contribution in [3.8, 4) is 0 Å². The van der Waals surface area contributed by atoms with Crippen LogP contribution in [0.1, 0.15) is 0 Å². The van der Waals surface area contributed by atoms with Crippen molar-refractivity contribution in [1.82, 2.24) is 5.32 Å². The van der Waals surface area contributed by atoms with E-state index >= 15 is 0 Å². The molecule has 0 aromatic heterocycles. The third-order valence-corrected chi connectivity index (χ3v) is 3.83. The molecule has 0 bridgehead atoms. The second kappa shape index (κ2) is 1.87. The summed E-state index contributed by atoms with van der Waals surface area (Å²) in [5.74, 6) is 2.35. The Hall–Kier alpha value is 0.349. The molecule has 1 aliphatic rings. The van der Waals surface area contributed by atoms with Crippen LogP contribution >= 0.6 is 0 Å². The number of rotatable bonds is 0. The maximum absolute atomic E-state index is 3.20. The third-order valence-electron chi connectivity index (χ3n) is 0.853. The zero-order valence-corrected chi connectivity index (χ0v) is 5.61. The minimum atomic E-state index is -0.176. The fraction of sp³-hybridized carbons (Fsp3) is 0.750. The molecule has 0 saturated heterocycles. The fourth-order valence-corrected chi connectivity index (χ4v) is 2.49. The molecule has 2 heteroatoms. The zero-order chi connectivity index (χ0) is 4.41. The van der Waals surface area contributed by atoms with Crippen LogP contribution in [-0.4, -0.2) is 25.1 Å². The summed E-state index contributed by atoms with van der Waals surface area (Å²) in [4.78, 5) is 0. The summed E-state index contributed by atoms with van der Waals surface area (Å²) in [6.07, 6.45) is 0. The van der Waals surface area contributed by atoms with E-state index in [1.54, 1.807) is 0 Å². The van der Waals surface area contributed by atoms with Crippen LogP contribution < -0.4 is 5.32 Å². The van der Waals surface area contributed by atoms with Gasteiger partial charge in [-0.15, -0.1) is 0 Å². The van der Waals surface area contributed by atoms with Crippen molar-refractivity contribution in [2.24, 2.45) is 0 Å². The van der Waals surface area contributed by atoms with Gasteiger partial charge in [0.25, 0.3) is 0 Å². The molecule has 0 saturated carbocycles. The molecule has 1 aliphatic heterocycles. The van der Waals surface area contributed by atoms with Crippen molar-refractivity contribution in [3.63, 3.8) is 0 Å². The molecule has 1 unspecified atom stereocenters. The van der Waals surface area contributed by atoms with Gasteiger partial charge in [0, 0.05) is 0 Å². The molecular formula is C4H9NSe. The summed E-state index contributed by atoms with van der Waals surface area (Å²) in [7, 11) is 0. The zero-order valence-electron chi connectivity index (χ0n) is 3.90. The predicted octanol–water partition coefficient (Wildman–Crippen LogP) is 0.0556. The van der Waals surface area contributed by atoms with Crippen molar-refractivity contribution in [3.05, 3.63) is 0 Å². The number of hydrogen-bond acceptors (Lipinski definition) is 1. The van der Waals surface area contributed by atoms with Gasteiger partial charge in [0.05, 0.1) is 0 Å². The monoisotopic (exact) mass is 151 g/mol. The Morgan fingerprint density at radius 3 is 2.83 bits per heavy atom. The van der Waals surface area contributed by atoms with E-state index < -0.39 is 0 Å². The van der Waals surface area contributed by atoms with Gasteiger partial charge in [0.1, 0.15) is 0 Å². The van der Waals surface area contributed by atoms with Crippen LogP contribution in [0.15, 0.2) is 0 Å². The van der Waals surface area contributed by atoms with Gasteiger partial charge in [-0.25, -0.2) is 0 Å². The second-order valence-corrected chi connectivity index (χ2v) is 5.72. The summed E-state index contributed by atoms with van der Waals surface area (Å²) in [6, 6.07) is 0. The van der Waals surface area contributed by atoms with Gasteiger partial charge in [-0.1, -0.05) is 0 Å². The SMILES string of the molecule is C[Se]1=CNCC1. The molecule has 1 rings (SSSR count). The Morgan fingerprint density at radius 2 is 2.67 bits per heavy atom. The van der Waals surface area contributed by atoms with Crippen molar-refractivity contribution in [2.45, 2.75) is 11.1 Å². The maximum atomic E-state index is 3.20. The van der Waals surface area contributed by atoms with E-state index in [1.807, 2.05) is 0 Å². The Balaban J connectivity index is 2.45. The summed E-state index contributed by atoms with van der Waals surface area (Å²) >= 11 is -0.176. The van der Waals surface area contributed by atoms with Crippen molar-refractivity contribution in [1.29, 1.82) is 0 Å². The van der Waals surface area contributed by atoms with Crippen LogP contribution in [-0.2, 0) is 0 Å². The summed E-state index contributed by atoms with van der Waals surface area (Å²) in [5, 5.41) is 6.92. The first-order valence-electron chi connectivity index (χ1n) is 2.07. The first-order chi connectivity index (χ1) is 2.89. The van der Waals surface area contributed by atoms with Gasteiger partial charge in [-0.2, -0.15) is 0 Å². The van der Waals surface area contributed by atoms with Gasteiger partial charge < -0.3 is 0 Å². The second-order valence-electron chi connectivity index (χ2n) is 1.47. The predicted molar refractivity (Wildman–Crippen MR) is 30.5 cm³/mol. The first-order valence-corrected chi connectivity index (χ1v) is 5.99. The van der Waals surface area contributed by atoms with Crippen molar-refractivity contribution < 1.29 is 0 Å². The Kier molecular flexibility index (Phi) is 1.41. The molecule has 0 aliphatic carbocycles. The van der Waals surface area contributed by atoms with E-state index in [9.17, 15) is 0 Å². The average Bonchev–Trinajstić information content (AvgIpc) is 1.86. The topological polar surface area (TPSA) is 12.0 Å². The molecule has 1 N–H and O–H groups in total. The molecular weight excluding hydrogens is 141 g/mol. The molecule has 1 nitrogen and oxygen atoms in total. The molecule has 1 atom stereocenters. The molecule has 1 heterocycles. The molecule has 0 radical (unpaired) electrons. The van der Waals surface area contributed by atoms with Gasteiger partial charge in [0.2, 0.25) is 0 Å². The van der Waals surface area contributed by atoms with E-state index in [0.717, 1.165) is 0 Å². The van der Waals surface area contributed by atoms with E-state index in [-0.39, 0.29) is 13.5 Å². The Morgan fingerprint density at radius 1 is 1.83 bits per heavy atom. The molecule has 36 valence electrons. The quantitative estimate of drug-likeness (QED) is 0.481. The van der Waals surface area contributed by atoms with E-state index in [0.29, 0.717) is 0 Å². The van der Waals surface area contributed by atoms with Crippen molar-refractivity contribution in [2.75, 3.05) is 6.54 Å². The summed E-state index contributed by atoms with van der Waals surface area (Å²) in [5.41, 5.74) is 0. The molecule has 0 amide bonds. The van der Waals surface area contributed by atoms with Gasteiger partial charge in [-0.3, -0.25) is 0 Å². The van der Waals surface area contributed by atoms with E-state index in [1.165, 1.54) is 11.9 Å². The van der Waals surface area contributed by atoms with Crippen LogP contribution in [0.3, 0.4) is 0 Å². The van der Waals surface area contributed by atoms with Crippen LogP contribution in [0.4, 0.5) is 0 Å². The van der Waals surface area contributed by atoms with E-state index in [4.69, 9.17) is 0 Å². The van der Waals surface area contributed by atoms with Gasteiger partial charge >= 0.3 is 41.5 Å². The molecule has 0 aromatic carbocycles. The minimum absolute atomic E-state index is 0.176. The molecule has 0 aromatic rings. The van der Waals surface area contributed by atoms with Crippen molar-refractivity contribution >= 4 is 18.5 Å². The van der Waals surface area contributed by atoms with Crippen LogP contribution in [0.5, 0.6) is 0 Å². The summed E-state index contributed by atoms with van der Waals surface area (Å²) in [6.45, 7) is 1.24. The normalized spacial score (nSPS) is 33.2. The van der Waals surface area contributed by atoms with E-state index in [2.05, 4.69) is 16.2 Å².